The zero-order valence-electron chi connectivity index (χ0n) is 14.7. The van der Waals surface area contributed by atoms with Gasteiger partial charge in [-0.15, -0.1) is 10.2 Å². The summed E-state index contributed by atoms with van der Waals surface area (Å²) >= 11 is 0. The van der Waals surface area contributed by atoms with Crippen molar-refractivity contribution in [1.82, 2.24) is 15.5 Å². The monoisotopic (exact) mass is 333 g/mol. The van der Waals surface area contributed by atoms with Gasteiger partial charge in [-0.25, -0.2) is 0 Å². The Morgan fingerprint density at radius 1 is 1.04 bits per heavy atom. The highest BCUT2D eigenvalue weighted by Crippen LogP contribution is 2.36. The van der Waals surface area contributed by atoms with Gasteiger partial charge in [-0.05, 0) is 48.1 Å². The van der Waals surface area contributed by atoms with Crippen molar-refractivity contribution in [3.63, 3.8) is 0 Å². The summed E-state index contributed by atoms with van der Waals surface area (Å²) in [5.41, 5.74) is 5.21. The summed E-state index contributed by atoms with van der Waals surface area (Å²) < 4.78 is 5.52. The fourth-order valence-electron chi connectivity index (χ4n) is 3.47. The van der Waals surface area contributed by atoms with E-state index in [0.29, 0.717) is 17.9 Å². The Balaban J connectivity index is 1.35. The molecule has 25 heavy (non-hydrogen) atoms. The van der Waals surface area contributed by atoms with Crippen LogP contribution in [0.15, 0.2) is 52.9 Å². The van der Waals surface area contributed by atoms with Gasteiger partial charge < -0.3 is 9.73 Å². The highest BCUT2D eigenvalue weighted by molar-refractivity contribution is 5.67. The van der Waals surface area contributed by atoms with Crippen LogP contribution in [0.3, 0.4) is 0 Å². The van der Waals surface area contributed by atoms with E-state index in [-0.39, 0.29) is 0 Å². The van der Waals surface area contributed by atoms with E-state index in [2.05, 4.69) is 71.0 Å². The molecule has 128 valence electrons. The second-order valence-electron chi connectivity index (χ2n) is 6.92. The molecule has 1 heterocycles. The van der Waals surface area contributed by atoms with Gasteiger partial charge in [-0.2, -0.15) is 0 Å². The van der Waals surface area contributed by atoms with Gasteiger partial charge in [0.1, 0.15) is 0 Å². The highest BCUT2D eigenvalue weighted by Gasteiger charge is 2.33. The number of benzene rings is 2. The molecule has 0 saturated heterocycles. The van der Waals surface area contributed by atoms with E-state index in [4.69, 9.17) is 4.42 Å². The summed E-state index contributed by atoms with van der Waals surface area (Å²) in [4.78, 5) is 0. The molecule has 1 aromatic heterocycles. The molecule has 2 aromatic carbocycles. The van der Waals surface area contributed by atoms with Crippen molar-refractivity contribution in [2.45, 2.75) is 45.2 Å². The molecular formula is C21H23N3O. The van der Waals surface area contributed by atoms with Crippen LogP contribution in [0.2, 0.25) is 0 Å². The van der Waals surface area contributed by atoms with Gasteiger partial charge in [-0.1, -0.05) is 42.5 Å². The van der Waals surface area contributed by atoms with Crippen molar-refractivity contribution in [3.05, 3.63) is 71.4 Å². The minimum absolute atomic E-state index is 0.414. The number of aryl methyl sites for hydroxylation is 2. The smallest absolute Gasteiger partial charge is 0.219 e. The molecule has 0 unspecified atom stereocenters. The Morgan fingerprint density at radius 2 is 1.88 bits per heavy atom. The van der Waals surface area contributed by atoms with E-state index in [1.807, 2.05) is 6.92 Å². The van der Waals surface area contributed by atoms with Gasteiger partial charge in [0.2, 0.25) is 11.8 Å². The van der Waals surface area contributed by atoms with Crippen molar-refractivity contribution >= 4 is 0 Å². The Morgan fingerprint density at radius 3 is 2.64 bits per heavy atom. The molecule has 4 nitrogen and oxygen atoms in total. The average Bonchev–Trinajstić information content (AvgIpc) is 3.00. The van der Waals surface area contributed by atoms with E-state index in [1.165, 1.54) is 22.3 Å². The van der Waals surface area contributed by atoms with Crippen LogP contribution in [-0.2, 0) is 6.54 Å². The lowest BCUT2D eigenvalue weighted by Gasteiger charge is -2.33. The molecule has 1 N–H and O–H groups in total. The maximum atomic E-state index is 5.52. The second-order valence-corrected chi connectivity index (χ2v) is 6.92. The van der Waals surface area contributed by atoms with Crippen LogP contribution in [0.5, 0.6) is 0 Å². The molecule has 1 aliphatic carbocycles. The van der Waals surface area contributed by atoms with Crippen molar-refractivity contribution in [1.29, 1.82) is 0 Å². The first kappa shape index (κ1) is 16.0. The predicted molar refractivity (Wildman–Crippen MR) is 98.3 cm³/mol. The summed E-state index contributed by atoms with van der Waals surface area (Å²) in [5, 5.41) is 11.7. The van der Waals surface area contributed by atoms with E-state index < -0.39 is 0 Å². The molecule has 4 heteroatoms. The minimum Gasteiger partial charge on any atom is -0.425 e. The van der Waals surface area contributed by atoms with Crippen molar-refractivity contribution in [2.24, 2.45) is 0 Å². The lowest BCUT2D eigenvalue weighted by molar-refractivity contribution is 0.248. The molecule has 0 radical (unpaired) electrons. The third kappa shape index (κ3) is 3.49. The Bertz CT molecular complexity index is 865. The average molecular weight is 333 g/mol. The first-order chi connectivity index (χ1) is 12.2. The first-order valence-corrected chi connectivity index (χ1v) is 8.87. The van der Waals surface area contributed by atoms with Crippen LogP contribution < -0.4 is 5.32 Å². The fourth-order valence-corrected chi connectivity index (χ4v) is 3.47. The van der Waals surface area contributed by atoms with Gasteiger partial charge in [-0.3, -0.25) is 0 Å². The number of aromatic nitrogens is 2. The molecule has 0 atom stereocenters. The second kappa shape index (κ2) is 6.81. The molecule has 3 aromatic rings. The molecule has 0 bridgehead atoms. The zero-order chi connectivity index (χ0) is 17.2. The minimum atomic E-state index is 0.414. The molecule has 1 fully saturated rings. The maximum absolute atomic E-state index is 5.52. The summed E-state index contributed by atoms with van der Waals surface area (Å²) in [6.07, 6.45) is 2.14. The van der Waals surface area contributed by atoms with Crippen molar-refractivity contribution in [3.8, 4) is 11.1 Å². The number of rotatable bonds is 5. The predicted octanol–water partition coefficient (Wildman–Crippen LogP) is 4.39. The van der Waals surface area contributed by atoms with Gasteiger partial charge in [0.05, 0.1) is 0 Å². The van der Waals surface area contributed by atoms with Crippen LogP contribution >= 0.6 is 0 Å². The van der Waals surface area contributed by atoms with Gasteiger partial charge in [0.15, 0.2) is 0 Å². The lowest BCUT2D eigenvalue weighted by Crippen LogP contribution is -2.39. The fraction of sp³-hybridized carbons (Fsp3) is 0.333. The summed E-state index contributed by atoms with van der Waals surface area (Å²) in [6, 6.07) is 17.9. The van der Waals surface area contributed by atoms with Gasteiger partial charge in [0.25, 0.3) is 0 Å². The summed E-state index contributed by atoms with van der Waals surface area (Å²) in [7, 11) is 0. The third-order valence-corrected chi connectivity index (χ3v) is 5.01. The molecule has 1 saturated carbocycles. The largest absolute Gasteiger partial charge is 0.425 e. The summed E-state index contributed by atoms with van der Waals surface area (Å²) in [6.45, 7) is 4.89. The molecule has 0 amide bonds. The number of hydrogen-bond donors (Lipinski definition) is 1. The van der Waals surface area contributed by atoms with Crippen LogP contribution in [-0.4, -0.2) is 16.2 Å². The highest BCUT2D eigenvalue weighted by atomic mass is 16.4. The zero-order valence-corrected chi connectivity index (χ0v) is 14.7. The Labute approximate surface area is 148 Å². The van der Waals surface area contributed by atoms with Crippen molar-refractivity contribution < 1.29 is 4.42 Å². The van der Waals surface area contributed by atoms with E-state index in [9.17, 15) is 0 Å². The van der Waals surface area contributed by atoms with Gasteiger partial charge >= 0.3 is 0 Å². The lowest BCUT2D eigenvalue weighted by atomic mass is 9.80. The third-order valence-electron chi connectivity index (χ3n) is 5.01. The SMILES string of the molecule is Cc1nnc(C2CC(NCc3cccc(-c4ccccc4C)c3)C2)o1. The van der Waals surface area contributed by atoms with Gasteiger partial charge in [0, 0.05) is 25.4 Å². The van der Waals surface area contributed by atoms with E-state index in [0.717, 1.165) is 25.3 Å². The van der Waals surface area contributed by atoms with E-state index >= 15 is 0 Å². The number of nitrogens with zero attached hydrogens (tertiary/aromatic N) is 2. The Kier molecular flexibility index (Phi) is 4.36. The summed E-state index contributed by atoms with van der Waals surface area (Å²) in [5.74, 6) is 1.86. The van der Waals surface area contributed by atoms with E-state index in [1.54, 1.807) is 0 Å². The first-order valence-electron chi connectivity index (χ1n) is 8.87. The molecular weight excluding hydrogens is 310 g/mol. The van der Waals surface area contributed by atoms with Crippen LogP contribution in [0.4, 0.5) is 0 Å². The standard InChI is InChI=1S/C21H23N3O/c1-14-6-3-4-9-20(14)17-8-5-7-16(10-17)13-22-19-11-18(12-19)21-24-23-15(2)25-21/h3-10,18-19,22H,11-13H2,1-2H3. The topological polar surface area (TPSA) is 51.0 Å². The van der Waals surface area contributed by atoms with Crippen LogP contribution in [0.25, 0.3) is 11.1 Å². The molecule has 0 spiro atoms. The maximum Gasteiger partial charge on any atom is 0.219 e. The molecule has 4 rings (SSSR count). The normalized spacial score (nSPS) is 19.6. The number of nitrogens with one attached hydrogen (secondary N) is 1. The van der Waals surface area contributed by atoms with Crippen LogP contribution in [0.1, 0.15) is 41.7 Å². The number of hydrogen-bond acceptors (Lipinski definition) is 4. The van der Waals surface area contributed by atoms with Crippen molar-refractivity contribution in [2.75, 3.05) is 0 Å². The molecule has 1 aliphatic rings. The Hall–Kier alpha value is -2.46. The quantitative estimate of drug-likeness (QED) is 0.752. The van der Waals surface area contributed by atoms with Crippen LogP contribution in [0, 0.1) is 13.8 Å². The molecule has 0 aliphatic heterocycles.